The summed E-state index contributed by atoms with van der Waals surface area (Å²) in [7, 11) is 0. The summed E-state index contributed by atoms with van der Waals surface area (Å²) in [6, 6.07) is 3.16. The minimum Gasteiger partial charge on any atom is -0.476 e. The van der Waals surface area contributed by atoms with E-state index in [9.17, 15) is 9.59 Å². The monoisotopic (exact) mass is 307 g/mol. The predicted molar refractivity (Wildman–Crippen MR) is 78.8 cm³/mol. The molecule has 1 amide bonds. The Bertz CT molecular complexity index is 543. The lowest BCUT2D eigenvalue weighted by Crippen LogP contribution is -2.41. The molecule has 1 N–H and O–H groups in total. The largest absolute Gasteiger partial charge is 0.476 e. The lowest BCUT2D eigenvalue weighted by Gasteiger charge is -2.33. The van der Waals surface area contributed by atoms with E-state index < -0.39 is 11.6 Å². The topological polar surface area (TPSA) is 92.6 Å². The van der Waals surface area contributed by atoms with Gasteiger partial charge < -0.3 is 14.7 Å². The standard InChI is InChI=1S/C15H21N3O4/c1-15(2,3)22-14(21)18-8-6-10(7-9-18)11-4-5-12(13(19)20)17-16-11/h4-5,10H,6-9H2,1-3H3,(H,19,20). The van der Waals surface area contributed by atoms with Crippen LogP contribution in [0.1, 0.15) is 55.7 Å². The number of rotatable bonds is 2. The molecular formula is C15H21N3O4. The van der Waals surface area contributed by atoms with Gasteiger partial charge in [-0.05, 0) is 45.7 Å². The third-order valence-electron chi connectivity index (χ3n) is 3.47. The van der Waals surface area contributed by atoms with Crippen LogP contribution in [-0.4, -0.2) is 51.0 Å². The normalized spacial score (nSPS) is 16.4. The third-order valence-corrected chi connectivity index (χ3v) is 3.47. The van der Waals surface area contributed by atoms with E-state index in [2.05, 4.69) is 10.2 Å². The fourth-order valence-corrected chi connectivity index (χ4v) is 2.36. The second kappa shape index (κ2) is 6.29. The zero-order valence-electron chi connectivity index (χ0n) is 13.1. The van der Waals surface area contributed by atoms with Crippen LogP contribution in [0, 0.1) is 0 Å². The number of nitrogens with zero attached hydrogens (tertiary/aromatic N) is 3. The van der Waals surface area contributed by atoms with Crippen LogP contribution in [0.25, 0.3) is 0 Å². The molecule has 0 saturated carbocycles. The van der Waals surface area contributed by atoms with E-state index in [0.717, 1.165) is 18.5 Å². The number of piperidine rings is 1. The van der Waals surface area contributed by atoms with E-state index >= 15 is 0 Å². The molecule has 7 heteroatoms. The van der Waals surface area contributed by atoms with Crippen molar-refractivity contribution in [1.29, 1.82) is 0 Å². The number of carboxylic acids is 1. The number of hydrogen-bond donors (Lipinski definition) is 1. The molecule has 0 aromatic carbocycles. The van der Waals surface area contributed by atoms with Gasteiger partial charge in [0.25, 0.3) is 0 Å². The van der Waals surface area contributed by atoms with E-state index in [-0.39, 0.29) is 17.7 Å². The van der Waals surface area contributed by atoms with Crippen molar-refractivity contribution in [3.05, 3.63) is 23.5 Å². The van der Waals surface area contributed by atoms with Gasteiger partial charge in [0, 0.05) is 19.0 Å². The maximum absolute atomic E-state index is 12.0. The van der Waals surface area contributed by atoms with Gasteiger partial charge in [-0.3, -0.25) is 0 Å². The molecule has 1 aliphatic heterocycles. The van der Waals surface area contributed by atoms with Crippen molar-refractivity contribution in [2.75, 3.05) is 13.1 Å². The Morgan fingerprint density at radius 2 is 1.86 bits per heavy atom. The van der Waals surface area contributed by atoms with Gasteiger partial charge in [-0.2, -0.15) is 5.10 Å². The van der Waals surface area contributed by atoms with E-state index in [1.807, 2.05) is 20.8 Å². The van der Waals surface area contributed by atoms with Gasteiger partial charge in [0.1, 0.15) is 5.60 Å². The van der Waals surface area contributed by atoms with Crippen LogP contribution in [0.3, 0.4) is 0 Å². The molecule has 0 radical (unpaired) electrons. The average Bonchev–Trinajstić information content (AvgIpc) is 2.46. The van der Waals surface area contributed by atoms with Crippen molar-refractivity contribution in [3.63, 3.8) is 0 Å². The Balaban J connectivity index is 1.91. The van der Waals surface area contributed by atoms with E-state index in [1.165, 1.54) is 6.07 Å². The summed E-state index contributed by atoms with van der Waals surface area (Å²) in [6.07, 6.45) is 1.24. The van der Waals surface area contributed by atoms with Crippen molar-refractivity contribution in [1.82, 2.24) is 15.1 Å². The first-order valence-corrected chi connectivity index (χ1v) is 7.31. The van der Waals surface area contributed by atoms with Crippen LogP contribution in [0.4, 0.5) is 4.79 Å². The van der Waals surface area contributed by atoms with Crippen molar-refractivity contribution < 1.29 is 19.4 Å². The van der Waals surface area contributed by atoms with E-state index in [4.69, 9.17) is 9.84 Å². The summed E-state index contributed by atoms with van der Waals surface area (Å²) in [5, 5.41) is 16.5. The van der Waals surface area contributed by atoms with Crippen LogP contribution >= 0.6 is 0 Å². The maximum atomic E-state index is 12.0. The molecule has 22 heavy (non-hydrogen) atoms. The second-order valence-corrected chi connectivity index (χ2v) is 6.39. The highest BCUT2D eigenvalue weighted by atomic mass is 16.6. The lowest BCUT2D eigenvalue weighted by molar-refractivity contribution is 0.0203. The fraction of sp³-hybridized carbons (Fsp3) is 0.600. The van der Waals surface area contributed by atoms with Crippen LogP contribution < -0.4 is 0 Å². The number of amides is 1. The molecule has 0 unspecified atom stereocenters. The molecular weight excluding hydrogens is 286 g/mol. The summed E-state index contributed by atoms with van der Waals surface area (Å²) in [4.78, 5) is 24.4. The van der Waals surface area contributed by atoms with Gasteiger partial charge in [0.2, 0.25) is 0 Å². The number of carboxylic acid groups (broad SMARTS) is 1. The van der Waals surface area contributed by atoms with Crippen LogP contribution in [-0.2, 0) is 4.74 Å². The van der Waals surface area contributed by atoms with E-state index in [1.54, 1.807) is 11.0 Å². The molecule has 1 aliphatic rings. The third kappa shape index (κ3) is 4.16. The Hall–Kier alpha value is -2.18. The van der Waals surface area contributed by atoms with Gasteiger partial charge in [0.05, 0.1) is 5.69 Å². The van der Waals surface area contributed by atoms with Crippen LogP contribution in [0.15, 0.2) is 12.1 Å². The highest BCUT2D eigenvalue weighted by molar-refractivity contribution is 5.84. The number of carbonyl (C=O) groups is 2. The summed E-state index contributed by atoms with van der Waals surface area (Å²) < 4.78 is 5.35. The summed E-state index contributed by atoms with van der Waals surface area (Å²) >= 11 is 0. The van der Waals surface area contributed by atoms with Crippen LogP contribution in [0.2, 0.25) is 0 Å². The van der Waals surface area contributed by atoms with Gasteiger partial charge in [-0.25, -0.2) is 9.59 Å². The van der Waals surface area contributed by atoms with Crippen molar-refractivity contribution >= 4 is 12.1 Å². The molecule has 2 heterocycles. The lowest BCUT2D eigenvalue weighted by atomic mass is 9.93. The Morgan fingerprint density at radius 3 is 2.32 bits per heavy atom. The number of likely N-dealkylation sites (tertiary alicyclic amines) is 1. The molecule has 0 aliphatic carbocycles. The molecule has 2 rings (SSSR count). The minimum absolute atomic E-state index is 0.0602. The molecule has 0 atom stereocenters. The number of carbonyl (C=O) groups excluding carboxylic acids is 1. The molecule has 1 aromatic heterocycles. The van der Waals surface area contributed by atoms with Crippen molar-refractivity contribution in [3.8, 4) is 0 Å². The minimum atomic E-state index is -1.08. The molecule has 0 bridgehead atoms. The maximum Gasteiger partial charge on any atom is 0.410 e. The van der Waals surface area contributed by atoms with E-state index in [0.29, 0.717) is 13.1 Å². The zero-order valence-corrected chi connectivity index (χ0v) is 13.1. The smallest absolute Gasteiger partial charge is 0.410 e. The number of aromatic carboxylic acids is 1. The molecule has 1 saturated heterocycles. The SMILES string of the molecule is CC(C)(C)OC(=O)N1CCC(c2ccc(C(=O)O)nn2)CC1. The highest BCUT2D eigenvalue weighted by Crippen LogP contribution is 2.27. The van der Waals surface area contributed by atoms with Crippen LogP contribution in [0.5, 0.6) is 0 Å². The predicted octanol–water partition coefficient (Wildman–Crippen LogP) is 2.29. The first-order chi connectivity index (χ1) is 10.3. The number of hydrogen-bond acceptors (Lipinski definition) is 5. The van der Waals surface area contributed by atoms with Crippen molar-refractivity contribution in [2.24, 2.45) is 0 Å². The Morgan fingerprint density at radius 1 is 1.23 bits per heavy atom. The van der Waals surface area contributed by atoms with Gasteiger partial charge in [-0.15, -0.1) is 5.10 Å². The number of aromatic nitrogens is 2. The average molecular weight is 307 g/mol. The van der Waals surface area contributed by atoms with Gasteiger partial charge in [0.15, 0.2) is 5.69 Å². The fourth-order valence-electron chi connectivity index (χ4n) is 2.36. The second-order valence-electron chi connectivity index (χ2n) is 6.39. The summed E-state index contributed by atoms with van der Waals surface area (Å²) in [5.74, 6) is -0.896. The summed E-state index contributed by atoms with van der Waals surface area (Å²) in [6.45, 7) is 6.73. The molecule has 1 fully saturated rings. The molecule has 1 aromatic rings. The zero-order chi connectivity index (χ0) is 16.3. The first kappa shape index (κ1) is 16.2. The Kier molecular flexibility index (Phi) is 4.63. The molecule has 7 nitrogen and oxygen atoms in total. The highest BCUT2D eigenvalue weighted by Gasteiger charge is 2.28. The molecule has 0 spiro atoms. The first-order valence-electron chi connectivity index (χ1n) is 7.31. The van der Waals surface area contributed by atoms with Crippen molar-refractivity contribution in [2.45, 2.75) is 45.1 Å². The summed E-state index contributed by atoms with van der Waals surface area (Å²) in [5.41, 5.74) is 0.218. The Labute approximate surface area is 129 Å². The number of ether oxygens (including phenoxy) is 1. The molecule has 120 valence electrons. The van der Waals surface area contributed by atoms with Gasteiger partial charge in [-0.1, -0.05) is 0 Å². The van der Waals surface area contributed by atoms with Gasteiger partial charge >= 0.3 is 12.1 Å². The quantitative estimate of drug-likeness (QED) is 0.901.